The Morgan fingerprint density at radius 2 is 1.66 bits per heavy atom. The highest BCUT2D eigenvalue weighted by molar-refractivity contribution is 9.10. The first-order valence-corrected chi connectivity index (χ1v) is 12.8. The summed E-state index contributed by atoms with van der Waals surface area (Å²) in [6.07, 6.45) is 1.29. The summed E-state index contributed by atoms with van der Waals surface area (Å²) >= 11 is 9.58. The number of carbonyl (C=O) groups is 2. The molecule has 0 bridgehead atoms. The molecule has 0 spiro atoms. The van der Waals surface area contributed by atoms with Crippen molar-refractivity contribution in [3.05, 3.63) is 99.0 Å². The van der Waals surface area contributed by atoms with Gasteiger partial charge in [0, 0.05) is 24.5 Å². The summed E-state index contributed by atoms with van der Waals surface area (Å²) in [7, 11) is 0. The van der Waals surface area contributed by atoms with Crippen LogP contribution in [-0.2, 0) is 29.0 Å². The molecule has 184 valence electrons. The average Bonchev–Trinajstić information content (AvgIpc) is 2.87. The molecule has 3 aromatic carbocycles. The van der Waals surface area contributed by atoms with Crippen molar-refractivity contribution in [3.8, 4) is 5.75 Å². The number of nitrogens with one attached hydrogen (secondary N) is 1. The van der Waals surface area contributed by atoms with Crippen molar-refractivity contribution in [3.63, 3.8) is 0 Å². The van der Waals surface area contributed by atoms with Crippen LogP contribution in [-0.4, -0.2) is 35.9 Å². The van der Waals surface area contributed by atoms with Crippen molar-refractivity contribution < 1.29 is 14.3 Å². The van der Waals surface area contributed by atoms with Crippen LogP contribution in [0.2, 0.25) is 5.02 Å². The molecule has 0 saturated carbocycles. The Morgan fingerprint density at radius 3 is 2.29 bits per heavy atom. The van der Waals surface area contributed by atoms with Gasteiger partial charge in [-0.2, -0.15) is 0 Å². The molecular weight excluding hydrogens is 528 g/mol. The minimum Gasteiger partial charge on any atom is -0.483 e. The predicted molar refractivity (Wildman–Crippen MR) is 144 cm³/mol. The van der Waals surface area contributed by atoms with Gasteiger partial charge in [0.15, 0.2) is 6.61 Å². The van der Waals surface area contributed by atoms with Crippen molar-refractivity contribution in [2.24, 2.45) is 0 Å². The molecule has 0 heterocycles. The summed E-state index contributed by atoms with van der Waals surface area (Å²) in [6, 6.07) is 22.1. The highest BCUT2D eigenvalue weighted by Crippen LogP contribution is 2.26. The quantitative estimate of drug-likeness (QED) is 0.323. The minimum absolute atomic E-state index is 0.192. The topological polar surface area (TPSA) is 58.6 Å². The van der Waals surface area contributed by atoms with Gasteiger partial charge in [0.2, 0.25) is 5.91 Å². The van der Waals surface area contributed by atoms with Crippen molar-refractivity contribution >= 4 is 39.3 Å². The zero-order valence-electron chi connectivity index (χ0n) is 20.0. The van der Waals surface area contributed by atoms with E-state index < -0.39 is 6.04 Å². The zero-order valence-corrected chi connectivity index (χ0v) is 22.3. The third-order valence-electron chi connectivity index (χ3n) is 5.64. The lowest BCUT2D eigenvalue weighted by atomic mass is 10.0. The Balaban J connectivity index is 1.88. The van der Waals surface area contributed by atoms with Crippen molar-refractivity contribution in [2.45, 2.75) is 39.3 Å². The maximum atomic E-state index is 13.5. The number of hydrogen-bond donors (Lipinski definition) is 1. The van der Waals surface area contributed by atoms with Crippen LogP contribution in [0.1, 0.15) is 30.5 Å². The van der Waals surface area contributed by atoms with E-state index in [9.17, 15) is 9.59 Å². The van der Waals surface area contributed by atoms with Gasteiger partial charge in [-0.05, 0) is 70.2 Å². The van der Waals surface area contributed by atoms with E-state index in [0.717, 1.165) is 22.0 Å². The van der Waals surface area contributed by atoms with Crippen LogP contribution >= 0.6 is 27.5 Å². The smallest absolute Gasteiger partial charge is 0.261 e. The number of benzene rings is 3. The molecule has 0 aliphatic rings. The second-order valence-electron chi connectivity index (χ2n) is 8.16. The fourth-order valence-electron chi connectivity index (χ4n) is 3.74. The number of amides is 2. The Morgan fingerprint density at radius 1 is 0.971 bits per heavy atom. The van der Waals surface area contributed by atoms with Gasteiger partial charge in [-0.15, -0.1) is 0 Å². The van der Waals surface area contributed by atoms with Crippen molar-refractivity contribution in [2.75, 3.05) is 13.2 Å². The first kappa shape index (κ1) is 26.8. The van der Waals surface area contributed by atoms with Crippen molar-refractivity contribution in [1.82, 2.24) is 10.2 Å². The third-order valence-corrected chi connectivity index (χ3v) is 6.52. The number of halogens is 2. The van der Waals surface area contributed by atoms with E-state index >= 15 is 0 Å². The molecular formula is C28H30BrClN2O3. The number of ether oxygens (including phenoxy) is 1. The van der Waals surface area contributed by atoms with E-state index in [1.54, 1.807) is 17.0 Å². The van der Waals surface area contributed by atoms with Gasteiger partial charge in [0.05, 0.1) is 4.47 Å². The van der Waals surface area contributed by atoms with Crippen LogP contribution < -0.4 is 10.1 Å². The van der Waals surface area contributed by atoms with Gasteiger partial charge < -0.3 is 15.0 Å². The number of aryl methyl sites for hydroxylation is 1. The summed E-state index contributed by atoms with van der Waals surface area (Å²) in [5.41, 5.74) is 3.01. The fourth-order valence-corrected chi connectivity index (χ4v) is 4.40. The summed E-state index contributed by atoms with van der Waals surface area (Å²) < 4.78 is 6.68. The molecule has 3 aromatic rings. The van der Waals surface area contributed by atoms with E-state index in [1.165, 1.54) is 5.56 Å². The molecule has 0 aromatic heterocycles. The van der Waals surface area contributed by atoms with E-state index in [4.69, 9.17) is 16.3 Å². The van der Waals surface area contributed by atoms with Crippen LogP contribution in [0.25, 0.3) is 0 Å². The Bertz CT molecular complexity index is 1120. The molecule has 1 atom stereocenters. The summed E-state index contributed by atoms with van der Waals surface area (Å²) in [6.45, 7) is 4.48. The van der Waals surface area contributed by atoms with Gasteiger partial charge in [-0.25, -0.2) is 0 Å². The van der Waals surface area contributed by atoms with Crippen LogP contribution in [0.4, 0.5) is 0 Å². The Labute approximate surface area is 220 Å². The van der Waals surface area contributed by atoms with Gasteiger partial charge >= 0.3 is 0 Å². The largest absolute Gasteiger partial charge is 0.483 e. The highest BCUT2D eigenvalue weighted by Gasteiger charge is 2.30. The van der Waals surface area contributed by atoms with E-state index in [-0.39, 0.29) is 25.0 Å². The lowest BCUT2D eigenvalue weighted by Crippen LogP contribution is -2.51. The van der Waals surface area contributed by atoms with Gasteiger partial charge in [-0.3, -0.25) is 9.59 Å². The molecule has 2 amide bonds. The standard InChI is InChI=1S/C28H30BrClN2O3/c1-3-20-12-15-26(24(29)16-20)35-19-27(33)32(18-22-10-13-23(30)14-11-22)25(28(34)31-4-2)17-21-8-6-5-7-9-21/h5-16,25H,3-4,17-19H2,1-2H3,(H,31,34)/t25-/m1/s1. The number of likely N-dealkylation sites (N-methyl/N-ethyl adjacent to an activating group) is 1. The van der Waals surface area contributed by atoms with Gasteiger partial charge in [-0.1, -0.05) is 67.1 Å². The monoisotopic (exact) mass is 556 g/mol. The van der Waals surface area contributed by atoms with Crippen molar-refractivity contribution in [1.29, 1.82) is 0 Å². The molecule has 5 nitrogen and oxygen atoms in total. The van der Waals surface area contributed by atoms with Crippen LogP contribution in [0.3, 0.4) is 0 Å². The number of nitrogens with zero attached hydrogens (tertiary/aromatic N) is 1. The molecule has 1 N–H and O–H groups in total. The van der Waals surface area contributed by atoms with Gasteiger partial charge in [0.1, 0.15) is 11.8 Å². The summed E-state index contributed by atoms with van der Waals surface area (Å²) in [5, 5.41) is 3.50. The first-order valence-electron chi connectivity index (χ1n) is 11.7. The predicted octanol–water partition coefficient (Wildman–Crippen LogP) is 5.82. The normalized spacial score (nSPS) is 11.5. The van der Waals surface area contributed by atoms with Gasteiger partial charge in [0.25, 0.3) is 5.91 Å². The number of hydrogen-bond acceptors (Lipinski definition) is 3. The number of rotatable bonds is 11. The Kier molecular flexibility index (Phi) is 10.2. The molecule has 0 aliphatic carbocycles. The molecule has 35 heavy (non-hydrogen) atoms. The van der Waals surface area contributed by atoms with Crippen LogP contribution in [0, 0.1) is 0 Å². The first-order chi connectivity index (χ1) is 16.9. The fraction of sp³-hybridized carbons (Fsp3) is 0.286. The maximum absolute atomic E-state index is 13.5. The molecule has 0 fully saturated rings. The van der Waals surface area contributed by atoms with Crippen LogP contribution in [0.15, 0.2) is 77.3 Å². The molecule has 0 saturated heterocycles. The van der Waals surface area contributed by atoms with E-state index in [2.05, 4.69) is 28.2 Å². The molecule has 0 aliphatic heterocycles. The second kappa shape index (κ2) is 13.3. The highest BCUT2D eigenvalue weighted by atomic mass is 79.9. The minimum atomic E-state index is -0.699. The van der Waals surface area contributed by atoms with E-state index in [1.807, 2.05) is 67.6 Å². The SMILES string of the molecule is CCNC(=O)[C@@H](Cc1ccccc1)N(Cc1ccc(Cl)cc1)C(=O)COc1ccc(CC)cc1Br. The molecule has 0 radical (unpaired) electrons. The average molecular weight is 558 g/mol. The maximum Gasteiger partial charge on any atom is 0.261 e. The lowest BCUT2D eigenvalue weighted by molar-refractivity contribution is -0.142. The lowest BCUT2D eigenvalue weighted by Gasteiger charge is -2.31. The number of carbonyl (C=O) groups excluding carboxylic acids is 2. The zero-order chi connectivity index (χ0) is 25.2. The molecule has 7 heteroatoms. The van der Waals surface area contributed by atoms with Crippen LogP contribution in [0.5, 0.6) is 5.75 Å². The summed E-state index contributed by atoms with van der Waals surface area (Å²) in [4.78, 5) is 28.3. The molecule has 0 unspecified atom stereocenters. The third kappa shape index (κ3) is 7.84. The second-order valence-corrected chi connectivity index (χ2v) is 9.45. The summed E-state index contributed by atoms with van der Waals surface area (Å²) in [5.74, 6) is 0.102. The molecule has 3 rings (SSSR count). The Hall–Kier alpha value is -2.83. The van der Waals surface area contributed by atoms with E-state index in [0.29, 0.717) is 23.7 Å².